The minimum Gasteiger partial charge on any atom is -0.487 e. The molecule has 0 amide bonds. The fraction of sp³-hybridized carbons (Fsp3) is 0.400. The van der Waals surface area contributed by atoms with Gasteiger partial charge in [-0.15, -0.1) is 11.3 Å². The maximum absolute atomic E-state index is 5.93. The fourth-order valence-electron chi connectivity index (χ4n) is 1.90. The molecule has 0 spiro atoms. The van der Waals surface area contributed by atoms with Crippen molar-refractivity contribution in [2.24, 2.45) is 5.73 Å². The van der Waals surface area contributed by atoms with E-state index in [1.165, 1.54) is 11.1 Å². The number of aryl methyl sites for hydroxylation is 1. The molecule has 2 N–H and O–H groups in total. The van der Waals surface area contributed by atoms with Crippen molar-refractivity contribution in [3.63, 3.8) is 0 Å². The lowest BCUT2D eigenvalue weighted by Gasteiger charge is -2.14. The number of nitrogens with two attached hydrogens (primary N) is 1. The molecule has 4 heteroatoms. The molecule has 2 aromatic rings. The Morgan fingerprint density at radius 3 is 2.79 bits per heavy atom. The Morgan fingerprint density at radius 1 is 1.37 bits per heavy atom. The van der Waals surface area contributed by atoms with Gasteiger partial charge in [0.1, 0.15) is 17.4 Å². The third kappa shape index (κ3) is 3.55. The molecule has 0 atom stereocenters. The lowest BCUT2D eigenvalue weighted by molar-refractivity contribution is 0.297. The summed E-state index contributed by atoms with van der Waals surface area (Å²) in [6.45, 7) is 7.41. The van der Waals surface area contributed by atoms with Crippen LogP contribution in [0.4, 0.5) is 0 Å². The molecule has 0 saturated heterocycles. The topological polar surface area (TPSA) is 48.1 Å². The van der Waals surface area contributed by atoms with Gasteiger partial charge in [0.05, 0.1) is 5.69 Å². The summed E-state index contributed by atoms with van der Waals surface area (Å²) in [5.74, 6) is 1.41. The van der Waals surface area contributed by atoms with Gasteiger partial charge in [-0.1, -0.05) is 26.0 Å². The van der Waals surface area contributed by atoms with E-state index >= 15 is 0 Å². The second-order valence-corrected chi connectivity index (χ2v) is 5.86. The number of aromatic nitrogens is 1. The summed E-state index contributed by atoms with van der Waals surface area (Å²) in [7, 11) is 0. The third-order valence-corrected chi connectivity index (χ3v) is 3.86. The number of benzene rings is 1. The SMILES string of the molecule is Cc1ccc(C(C)C)c(OCc2csc(CN)n2)c1. The average molecular weight is 276 g/mol. The van der Waals surface area contributed by atoms with Crippen LogP contribution >= 0.6 is 11.3 Å². The summed E-state index contributed by atoms with van der Waals surface area (Å²) < 4.78 is 5.93. The number of hydrogen-bond donors (Lipinski definition) is 1. The molecule has 1 aromatic heterocycles. The molecule has 0 radical (unpaired) electrons. The summed E-state index contributed by atoms with van der Waals surface area (Å²) in [5, 5.41) is 2.96. The number of rotatable bonds is 5. The second-order valence-electron chi connectivity index (χ2n) is 4.92. The van der Waals surface area contributed by atoms with Crippen LogP contribution in [0.2, 0.25) is 0 Å². The van der Waals surface area contributed by atoms with Crippen molar-refractivity contribution in [2.45, 2.75) is 39.8 Å². The van der Waals surface area contributed by atoms with Gasteiger partial charge in [-0.25, -0.2) is 4.98 Å². The van der Waals surface area contributed by atoms with Crippen LogP contribution < -0.4 is 10.5 Å². The molecule has 2 rings (SSSR count). The lowest BCUT2D eigenvalue weighted by Crippen LogP contribution is -2.01. The van der Waals surface area contributed by atoms with Crippen molar-refractivity contribution < 1.29 is 4.74 Å². The van der Waals surface area contributed by atoms with Gasteiger partial charge >= 0.3 is 0 Å². The maximum Gasteiger partial charge on any atom is 0.131 e. The zero-order chi connectivity index (χ0) is 13.8. The van der Waals surface area contributed by atoms with E-state index in [4.69, 9.17) is 10.5 Å². The Kier molecular flexibility index (Phi) is 4.56. The van der Waals surface area contributed by atoms with Crippen LogP contribution in [-0.4, -0.2) is 4.98 Å². The second kappa shape index (κ2) is 6.17. The highest BCUT2D eigenvalue weighted by atomic mass is 32.1. The van der Waals surface area contributed by atoms with E-state index in [0.29, 0.717) is 19.1 Å². The number of ether oxygens (including phenoxy) is 1. The van der Waals surface area contributed by atoms with E-state index < -0.39 is 0 Å². The first-order chi connectivity index (χ1) is 9.10. The van der Waals surface area contributed by atoms with Gasteiger partial charge in [-0.3, -0.25) is 0 Å². The summed E-state index contributed by atoms with van der Waals surface area (Å²) in [6, 6.07) is 6.35. The van der Waals surface area contributed by atoms with Crippen LogP contribution in [0.3, 0.4) is 0 Å². The van der Waals surface area contributed by atoms with Crippen LogP contribution in [-0.2, 0) is 13.2 Å². The molecule has 0 aliphatic carbocycles. The van der Waals surface area contributed by atoms with E-state index in [9.17, 15) is 0 Å². The van der Waals surface area contributed by atoms with Crippen molar-refractivity contribution in [2.75, 3.05) is 0 Å². The van der Waals surface area contributed by atoms with Crippen molar-refractivity contribution in [1.82, 2.24) is 4.98 Å². The standard InChI is InChI=1S/C15H20N2OS/c1-10(2)13-5-4-11(3)6-14(13)18-8-12-9-19-15(7-16)17-12/h4-6,9-10H,7-8,16H2,1-3H3. The molecule has 0 saturated carbocycles. The maximum atomic E-state index is 5.93. The minimum absolute atomic E-state index is 0.450. The number of hydrogen-bond acceptors (Lipinski definition) is 4. The first kappa shape index (κ1) is 14.0. The minimum atomic E-state index is 0.450. The highest BCUT2D eigenvalue weighted by molar-refractivity contribution is 7.09. The van der Waals surface area contributed by atoms with Crippen molar-refractivity contribution >= 4 is 11.3 Å². The van der Waals surface area contributed by atoms with Gasteiger partial charge in [0.15, 0.2) is 0 Å². The molecule has 0 unspecified atom stereocenters. The predicted octanol–water partition coefficient (Wildman–Crippen LogP) is 3.61. The van der Waals surface area contributed by atoms with Crippen LogP contribution in [0.1, 0.15) is 41.6 Å². The highest BCUT2D eigenvalue weighted by Crippen LogP contribution is 2.28. The molecular weight excluding hydrogens is 256 g/mol. The van der Waals surface area contributed by atoms with Crippen molar-refractivity contribution in [1.29, 1.82) is 0 Å². The van der Waals surface area contributed by atoms with Gasteiger partial charge in [-0.2, -0.15) is 0 Å². The first-order valence-corrected chi connectivity index (χ1v) is 7.34. The monoisotopic (exact) mass is 276 g/mol. The van der Waals surface area contributed by atoms with E-state index in [2.05, 4.69) is 44.0 Å². The first-order valence-electron chi connectivity index (χ1n) is 6.47. The number of thiazole rings is 1. The van der Waals surface area contributed by atoms with E-state index in [1.54, 1.807) is 11.3 Å². The van der Waals surface area contributed by atoms with Crippen molar-refractivity contribution in [3.05, 3.63) is 45.4 Å². The predicted molar refractivity (Wildman–Crippen MR) is 79.6 cm³/mol. The van der Waals surface area contributed by atoms with Gasteiger partial charge in [-0.05, 0) is 30.0 Å². The van der Waals surface area contributed by atoms with Crippen LogP contribution in [0.25, 0.3) is 0 Å². The van der Waals surface area contributed by atoms with Gasteiger partial charge in [0, 0.05) is 11.9 Å². The van der Waals surface area contributed by atoms with Gasteiger partial charge in [0.25, 0.3) is 0 Å². The molecule has 0 bridgehead atoms. The molecule has 1 heterocycles. The third-order valence-electron chi connectivity index (χ3n) is 2.94. The van der Waals surface area contributed by atoms with E-state index in [-0.39, 0.29) is 0 Å². The van der Waals surface area contributed by atoms with Crippen molar-refractivity contribution in [3.8, 4) is 5.75 Å². The lowest BCUT2D eigenvalue weighted by atomic mass is 10.0. The van der Waals surface area contributed by atoms with Gasteiger partial charge in [0.2, 0.25) is 0 Å². The molecule has 19 heavy (non-hydrogen) atoms. The largest absolute Gasteiger partial charge is 0.487 e. The van der Waals surface area contributed by atoms with Gasteiger partial charge < -0.3 is 10.5 Å². The molecule has 102 valence electrons. The molecule has 1 aromatic carbocycles. The Hall–Kier alpha value is -1.39. The van der Waals surface area contributed by atoms with Crippen LogP contribution in [0.15, 0.2) is 23.6 Å². The Labute approximate surface area is 118 Å². The zero-order valence-electron chi connectivity index (χ0n) is 11.6. The Bertz CT molecular complexity index is 549. The quantitative estimate of drug-likeness (QED) is 0.907. The number of nitrogens with zero attached hydrogens (tertiary/aromatic N) is 1. The highest BCUT2D eigenvalue weighted by Gasteiger charge is 2.09. The van der Waals surface area contributed by atoms with Crippen LogP contribution in [0.5, 0.6) is 5.75 Å². The Balaban J connectivity index is 2.12. The molecule has 0 aliphatic rings. The Morgan fingerprint density at radius 2 is 2.16 bits per heavy atom. The summed E-state index contributed by atoms with van der Waals surface area (Å²) in [5.41, 5.74) is 8.95. The summed E-state index contributed by atoms with van der Waals surface area (Å²) in [6.07, 6.45) is 0. The smallest absolute Gasteiger partial charge is 0.131 e. The fourth-order valence-corrected chi connectivity index (χ4v) is 2.56. The summed E-state index contributed by atoms with van der Waals surface area (Å²) in [4.78, 5) is 4.41. The summed E-state index contributed by atoms with van der Waals surface area (Å²) >= 11 is 1.58. The molecular formula is C15H20N2OS. The molecule has 3 nitrogen and oxygen atoms in total. The van der Waals surface area contributed by atoms with Crippen LogP contribution in [0, 0.1) is 6.92 Å². The normalized spacial score (nSPS) is 11.0. The van der Waals surface area contributed by atoms with E-state index in [1.807, 2.05) is 5.38 Å². The average Bonchev–Trinajstić information content (AvgIpc) is 2.84. The zero-order valence-corrected chi connectivity index (χ0v) is 12.5. The van der Waals surface area contributed by atoms with E-state index in [0.717, 1.165) is 16.5 Å². The molecule has 0 fully saturated rings. The molecule has 0 aliphatic heterocycles.